The van der Waals surface area contributed by atoms with E-state index in [9.17, 15) is 0 Å². The number of rotatable bonds is 0. The third-order valence-corrected chi connectivity index (χ3v) is 2.78. The number of hydrogen-bond donors (Lipinski definition) is 1. The second-order valence-corrected chi connectivity index (χ2v) is 3.89. The van der Waals surface area contributed by atoms with Crippen molar-refractivity contribution in [2.75, 3.05) is 20.1 Å². The summed E-state index contributed by atoms with van der Waals surface area (Å²) in [5.41, 5.74) is 0. The molecule has 2 saturated heterocycles. The lowest BCUT2D eigenvalue weighted by atomic mass is 10.0. The summed E-state index contributed by atoms with van der Waals surface area (Å²) in [5, 5.41) is 3.60. The number of likely N-dealkylation sites (N-methyl/N-ethyl adjacent to an activating group) is 1. The van der Waals surface area contributed by atoms with Crippen LogP contribution in [0, 0.1) is 5.92 Å². The molecule has 0 radical (unpaired) electrons. The van der Waals surface area contributed by atoms with Gasteiger partial charge in [-0.25, -0.2) is 0 Å². The normalized spacial score (nSPS) is 48.0. The van der Waals surface area contributed by atoms with Crippen molar-refractivity contribution in [2.24, 2.45) is 5.92 Å². The van der Waals surface area contributed by atoms with Crippen LogP contribution in [0.5, 0.6) is 0 Å². The molecule has 10 heavy (non-hydrogen) atoms. The molecule has 3 atom stereocenters. The summed E-state index contributed by atoms with van der Waals surface area (Å²) in [6, 6.07) is 1.57. The Morgan fingerprint density at radius 2 is 2.20 bits per heavy atom. The highest BCUT2D eigenvalue weighted by Gasteiger charge is 2.37. The summed E-state index contributed by atoms with van der Waals surface area (Å²) in [5.74, 6) is 0.944. The summed E-state index contributed by atoms with van der Waals surface area (Å²) in [7, 11) is 2.21. The van der Waals surface area contributed by atoms with Crippen LogP contribution in [0.15, 0.2) is 0 Å². The SMILES string of the molecule is C[C@H]1C[C@@H]2CN(C)C[C@@H]2N1. The van der Waals surface area contributed by atoms with Crippen LogP contribution in [-0.4, -0.2) is 37.1 Å². The molecule has 0 amide bonds. The Morgan fingerprint density at radius 1 is 1.40 bits per heavy atom. The van der Waals surface area contributed by atoms with E-state index in [4.69, 9.17) is 0 Å². The maximum atomic E-state index is 3.60. The van der Waals surface area contributed by atoms with Crippen LogP contribution < -0.4 is 5.32 Å². The largest absolute Gasteiger partial charge is 0.310 e. The highest BCUT2D eigenvalue weighted by molar-refractivity contribution is 4.95. The lowest BCUT2D eigenvalue weighted by molar-refractivity contribution is 0.370. The van der Waals surface area contributed by atoms with Gasteiger partial charge in [0, 0.05) is 25.2 Å². The van der Waals surface area contributed by atoms with Crippen LogP contribution >= 0.6 is 0 Å². The van der Waals surface area contributed by atoms with Crippen molar-refractivity contribution in [1.82, 2.24) is 10.2 Å². The molecular formula is C8H16N2. The van der Waals surface area contributed by atoms with Crippen molar-refractivity contribution >= 4 is 0 Å². The fourth-order valence-electron chi connectivity index (χ4n) is 2.40. The molecule has 0 aromatic carbocycles. The maximum Gasteiger partial charge on any atom is 0.0238 e. The molecule has 0 aliphatic carbocycles. The van der Waals surface area contributed by atoms with Crippen LogP contribution in [0.25, 0.3) is 0 Å². The van der Waals surface area contributed by atoms with Gasteiger partial charge in [0.1, 0.15) is 0 Å². The van der Waals surface area contributed by atoms with Crippen molar-refractivity contribution in [3.63, 3.8) is 0 Å². The van der Waals surface area contributed by atoms with E-state index in [1.165, 1.54) is 19.5 Å². The first-order valence-corrected chi connectivity index (χ1v) is 4.20. The topological polar surface area (TPSA) is 15.3 Å². The molecule has 2 rings (SSSR count). The fraction of sp³-hybridized carbons (Fsp3) is 1.00. The second kappa shape index (κ2) is 2.21. The zero-order chi connectivity index (χ0) is 7.14. The molecule has 2 nitrogen and oxygen atoms in total. The molecule has 0 aromatic heterocycles. The lowest BCUT2D eigenvalue weighted by Crippen LogP contribution is -2.32. The average molecular weight is 140 g/mol. The third-order valence-electron chi connectivity index (χ3n) is 2.78. The number of nitrogens with zero attached hydrogens (tertiary/aromatic N) is 1. The molecule has 2 aliphatic rings. The van der Waals surface area contributed by atoms with Gasteiger partial charge in [-0.3, -0.25) is 0 Å². The Bertz CT molecular complexity index is 107. The van der Waals surface area contributed by atoms with E-state index in [-0.39, 0.29) is 0 Å². The molecule has 0 bridgehead atoms. The molecular weight excluding hydrogens is 124 g/mol. The minimum absolute atomic E-state index is 0.767. The van der Waals surface area contributed by atoms with Gasteiger partial charge < -0.3 is 10.2 Å². The zero-order valence-electron chi connectivity index (χ0n) is 6.80. The van der Waals surface area contributed by atoms with Crippen molar-refractivity contribution in [3.8, 4) is 0 Å². The van der Waals surface area contributed by atoms with Gasteiger partial charge in [0.2, 0.25) is 0 Å². The summed E-state index contributed by atoms with van der Waals surface area (Å²) in [6.07, 6.45) is 1.38. The minimum atomic E-state index is 0.767. The van der Waals surface area contributed by atoms with Gasteiger partial charge >= 0.3 is 0 Å². The standard InChI is InChI=1S/C8H16N2/c1-6-3-7-4-10(2)5-8(7)9-6/h6-9H,3-5H2,1-2H3/t6-,7+,8-/m0/s1. The van der Waals surface area contributed by atoms with E-state index >= 15 is 0 Å². The molecule has 2 fully saturated rings. The van der Waals surface area contributed by atoms with E-state index in [2.05, 4.69) is 24.2 Å². The molecule has 1 N–H and O–H groups in total. The molecule has 0 saturated carbocycles. The van der Waals surface area contributed by atoms with Gasteiger partial charge in [0.15, 0.2) is 0 Å². The smallest absolute Gasteiger partial charge is 0.0238 e. The van der Waals surface area contributed by atoms with E-state index in [0.717, 1.165) is 18.0 Å². The fourth-order valence-corrected chi connectivity index (χ4v) is 2.40. The molecule has 0 unspecified atom stereocenters. The molecule has 0 spiro atoms. The highest BCUT2D eigenvalue weighted by Crippen LogP contribution is 2.26. The third kappa shape index (κ3) is 0.956. The van der Waals surface area contributed by atoms with Crippen molar-refractivity contribution in [1.29, 1.82) is 0 Å². The van der Waals surface area contributed by atoms with Gasteiger partial charge in [-0.05, 0) is 26.3 Å². The van der Waals surface area contributed by atoms with Crippen LogP contribution in [0.2, 0.25) is 0 Å². The van der Waals surface area contributed by atoms with E-state index < -0.39 is 0 Å². The Balaban J connectivity index is 2.00. The number of fused-ring (bicyclic) bond motifs is 1. The lowest BCUT2D eigenvalue weighted by Gasteiger charge is -2.11. The minimum Gasteiger partial charge on any atom is -0.310 e. The number of likely N-dealkylation sites (tertiary alicyclic amines) is 1. The number of nitrogens with one attached hydrogen (secondary N) is 1. The van der Waals surface area contributed by atoms with Gasteiger partial charge in [-0.1, -0.05) is 0 Å². The van der Waals surface area contributed by atoms with Gasteiger partial charge in [-0.2, -0.15) is 0 Å². The second-order valence-electron chi connectivity index (χ2n) is 3.89. The summed E-state index contributed by atoms with van der Waals surface area (Å²) < 4.78 is 0. The Kier molecular flexibility index (Phi) is 1.46. The molecule has 58 valence electrons. The van der Waals surface area contributed by atoms with Crippen molar-refractivity contribution in [2.45, 2.75) is 25.4 Å². The zero-order valence-corrected chi connectivity index (χ0v) is 6.80. The molecule has 2 heterocycles. The Hall–Kier alpha value is -0.0800. The van der Waals surface area contributed by atoms with Crippen molar-refractivity contribution < 1.29 is 0 Å². The van der Waals surface area contributed by atoms with Crippen LogP contribution in [0.1, 0.15) is 13.3 Å². The Labute approximate surface area is 62.6 Å². The van der Waals surface area contributed by atoms with Crippen LogP contribution in [-0.2, 0) is 0 Å². The molecule has 2 aliphatic heterocycles. The first kappa shape index (κ1) is 6.62. The van der Waals surface area contributed by atoms with Crippen LogP contribution in [0.4, 0.5) is 0 Å². The summed E-state index contributed by atoms with van der Waals surface area (Å²) in [6.45, 7) is 4.86. The molecule has 2 heteroatoms. The first-order valence-electron chi connectivity index (χ1n) is 4.20. The van der Waals surface area contributed by atoms with E-state index in [0.29, 0.717) is 0 Å². The van der Waals surface area contributed by atoms with Gasteiger partial charge in [0.25, 0.3) is 0 Å². The highest BCUT2D eigenvalue weighted by atomic mass is 15.2. The predicted molar refractivity (Wildman–Crippen MR) is 42.0 cm³/mol. The first-order chi connectivity index (χ1) is 4.75. The van der Waals surface area contributed by atoms with E-state index in [1.54, 1.807) is 0 Å². The van der Waals surface area contributed by atoms with Crippen LogP contribution in [0.3, 0.4) is 0 Å². The molecule has 0 aromatic rings. The van der Waals surface area contributed by atoms with Gasteiger partial charge in [0.05, 0.1) is 0 Å². The summed E-state index contributed by atoms with van der Waals surface area (Å²) >= 11 is 0. The summed E-state index contributed by atoms with van der Waals surface area (Å²) in [4.78, 5) is 2.42. The quantitative estimate of drug-likeness (QED) is 0.520. The van der Waals surface area contributed by atoms with Crippen molar-refractivity contribution in [3.05, 3.63) is 0 Å². The maximum absolute atomic E-state index is 3.60. The average Bonchev–Trinajstić information content (AvgIpc) is 2.21. The Morgan fingerprint density at radius 3 is 2.90 bits per heavy atom. The predicted octanol–water partition coefficient (Wildman–Crippen LogP) is 0.298. The monoisotopic (exact) mass is 140 g/mol. The number of hydrogen-bond acceptors (Lipinski definition) is 2. The van der Waals surface area contributed by atoms with Gasteiger partial charge in [-0.15, -0.1) is 0 Å². The van der Waals surface area contributed by atoms with E-state index in [1.807, 2.05) is 0 Å².